The third-order valence-electron chi connectivity index (χ3n) is 1.59. The summed E-state index contributed by atoms with van der Waals surface area (Å²) in [4.78, 5) is 0.776. The molecule has 0 atom stereocenters. The molecular weight excluding hydrogens is 267 g/mol. The van der Waals surface area contributed by atoms with Gasteiger partial charge in [-0.2, -0.15) is 0 Å². The quantitative estimate of drug-likeness (QED) is 0.713. The van der Waals surface area contributed by atoms with E-state index in [1.165, 1.54) is 0 Å². The van der Waals surface area contributed by atoms with Crippen LogP contribution in [0.4, 0.5) is 0 Å². The molecule has 16 heavy (non-hydrogen) atoms. The number of halogens is 1. The van der Waals surface area contributed by atoms with Crippen LogP contribution in [0, 0.1) is 0 Å². The van der Waals surface area contributed by atoms with E-state index in [0.717, 1.165) is 16.3 Å². The molecule has 0 amide bonds. The molecule has 0 heterocycles. The van der Waals surface area contributed by atoms with Crippen LogP contribution >= 0.6 is 29.8 Å². The fourth-order valence-electron chi connectivity index (χ4n) is 1.06. The summed E-state index contributed by atoms with van der Waals surface area (Å²) in [5.41, 5.74) is 0. The van der Waals surface area contributed by atoms with Crippen LogP contribution in [0.25, 0.3) is 0 Å². The van der Waals surface area contributed by atoms with Crippen molar-refractivity contribution in [3.05, 3.63) is 29.3 Å². The van der Waals surface area contributed by atoms with Crippen LogP contribution in [0.2, 0.25) is 5.02 Å². The van der Waals surface area contributed by atoms with Crippen LogP contribution < -0.4 is 0 Å². The van der Waals surface area contributed by atoms with Crippen LogP contribution in [0.3, 0.4) is 0 Å². The lowest BCUT2D eigenvalue weighted by atomic mass is 10.4. The zero-order valence-corrected chi connectivity index (χ0v) is 11.6. The van der Waals surface area contributed by atoms with E-state index < -0.39 is 6.80 Å². The van der Waals surface area contributed by atoms with Gasteiger partial charge in [-0.15, -0.1) is 0 Å². The minimum absolute atomic E-state index is 0.352. The molecule has 0 saturated carbocycles. The number of hydrogen-bond donors (Lipinski definition) is 0. The van der Waals surface area contributed by atoms with Gasteiger partial charge in [0.15, 0.2) is 0 Å². The zero-order valence-electron chi connectivity index (χ0n) is 9.18. The Morgan fingerprint density at radius 3 is 2.44 bits per heavy atom. The standard InChI is InChI=1S/C10H14ClO3PS/c1-3-13-15(12,14-4-2)16-10-7-5-6-9(11)8-10/h5-8H,3-4H2,1-2H3. The SMILES string of the molecule is CCOP(=O)(OCC)Sc1cccc(Cl)c1. The molecule has 0 aliphatic rings. The fourth-order valence-corrected chi connectivity index (χ4v) is 4.77. The van der Waals surface area contributed by atoms with Gasteiger partial charge in [-0.25, -0.2) is 4.57 Å². The predicted octanol–water partition coefficient (Wildman–Crippen LogP) is 4.61. The van der Waals surface area contributed by atoms with Gasteiger partial charge in [0.05, 0.1) is 13.2 Å². The highest BCUT2D eigenvalue weighted by molar-refractivity contribution is 8.55. The fraction of sp³-hybridized carbons (Fsp3) is 0.400. The second-order valence-electron chi connectivity index (χ2n) is 2.83. The first-order valence-corrected chi connectivity index (χ1v) is 8.28. The molecule has 0 radical (unpaired) electrons. The first-order chi connectivity index (χ1) is 7.59. The van der Waals surface area contributed by atoms with Crippen LogP contribution in [0.5, 0.6) is 0 Å². The largest absolute Gasteiger partial charge is 0.393 e. The van der Waals surface area contributed by atoms with Crippen LogP contribution in [-0.2, 0) is 13.6 Å². The smallest absolute Gasteiger partial charge is 0.301 e. The summed E-state index contributed by atoms with van der Waals surface area (Å²) in [6, 6.07) is 7.11. The Hall–Kier alpha value is 0.01000. The second-order valence-corrected chi connectivity index (χ2v) is 7.22. The van der Waals surface area contributed by atoms with Crippen molar-refractivity contribution in [2.75, 3.05) is 13.2 Å². The summed E-state index contributed by atoms with van der Waals surface area (Å²) in [5.74, 6) is 0. The average Bonchev–Trinajstić information content (AvgIpc) is 2.17. The summed E-state index contributed by atoms with van der Waals surface area (Å²) in [6.07, 6.45) is 0. The van der Waals surface area contributed by atoms with E-state index in [9.17, 15) is 4.57 Å². The molecule has 0 N–H and O–H groups in total. The van der Waals surface area contributed by atoms with Crippen LogP contribution in [0.1, 0.15) is 13.8 Å². The first kappa shape index (κ1) is 14.1. The van der Waals surface area contributed by atoms with Crippen molar-refractivity contribution in [2.24, 2.45) is 0 Å². The molecule has 1 aromatic rings. The lowest BCUT2D eigenvalue weighted by Gasteiger charge is -2.15. The van der Waals surface area contributed by atoms with Crippen molar-refractivity contribution in [1.29, 1.82) is 0 Å². The van der Waals surface area contributed by atoms with Crippen LogP contribution in [0.15, 0.2) is 29.2 Å². The molecule has 0 spiro atoms. The van der Waals surface area contributed by atoms with Gasteiger partial charge in [0.1, 0.15) is 0 Å². The van der Waals surface area contributed by atoms with E-state index in [-0.39, 0.29) is 0 Å². The van der Waals surface area contributed by atoms with Crippen molar-refractivity contribution in [2.45, 2.75) is 18.7 Å². The van der Waals surface area contributed by atoms with E-state index in [2.05, 4.69) is 0 Å². The van der Waals surface area contributed by atoms with Gasteiger partial charge in [0.25, 0.3) is 0 Å². The maximum absolute atomic E-state index is 12.2. The van der Waals surface area contributed by atoms with Gasteiger partial charge in [-0.1, -0.05) is 17.7 Å². The van der Waals surface area contributed by atoms with E-state index in [1.807, 2.05) is 6.07 Å². The third kappa shape index (κ3) is 4.48. The highest BCUT2D eigenvalue weighted by atomic mass is 35.5. The summed E-state index contributed by atoms with van der Waals surface area (Å²) in [5, 5.41) is 0.601. The maximum Gasteiger partial charge on any atom is 0.393 e. The minimum Gasteiger partial charge on any atom is -0.301 e. The lowest BCUT2D eigenvalue weighted by molar-refractivity contribution is 0.237. The van der Waals surface area contributed by atoms with Gasteiger partial charge in [-0.05, 0) is 43.4 Å². The Morgan fingerprint density at radius 2 is 1.94 bits per heavy atom. The van der Waals surface area contributed by atoms with Crippen molar-refractivity contribution in [3.8, 4) is 0 Å². The third-order valence-corrected chi connectivity index (χ3v) is 5.60. The molecule has 0 bridgehead atoms. The molecule has 0 aromatic heterocycles. The van der Waals surface area contributed by atoms with Crippen molar-refractivity contribution < 1.29 is 13.6 Å². The Balaban J connectivity index is 2.79. The van der Waals surface area contributed by atoms with Gasteiger partial charge in [0.2, 0.25) is 0 Å². The van der Waals surface area contributed by atoms with Crippen molar-refractivity contribution in [1.82, 2.24) is 0 Å². The maximum atomic E-state index is 12.2. The molecule has 0 fully saturated rings. The molecular formula is C10H14ClO3PS. The number of hydrogen-bond acceptors (Lipinski definition) is 4. The van der Waals surface area contributed by atoms with Gasteiger partial charge in [0, 0.05) is 9.92 Å². The van der Waals surface area contributed by atoms with Crippen molar-refractivity contribution >= 4 is 29.8 Å². The Kier molecular flexibility index (Phi) is 5.87. The molecule has 1 aromatic carbocycles. The highest BCUT2D eigenvalue weighted by Crippen LogP contribution is 2.63. The van der Waals surface area contributed by atoms with E-state index in [0.29, 0.717) is 18.2 Å². The predicted molar refractivity (Wildman–Crippen MR) is 68.2 cm³/mol. The Bertz CT molecular complexity index is 376. The zero-order chi connectivity index (χ0) is 12.0. The van der Waals surface area contributed by atoms with Crippen molar-refractivity contribution in [3.63, 3.8) is 0 Å². The summed E-state index contributed by atoms with van der Waals surface area (Å²) < 4.78 is 22.5. The lowest BCUT2D eigenvalue weighted by Crippen LogP contribution is -1.92. The Labute approximate surface area is 105 Å². The molecule has 1 rings (SSSR count). The molecule has 0 saturated heterocycles. The summed E-state index contributed by atoms with van der Waals surface area (Å²) in [6.45, 7) is 1.16. The molecule has 0 unspecified atom stereocenters. The first-order valence-electron chi connectivity index (χ1n) is 4.94. The average molecular weight is 281 g/mol. The van der Waals surface area contributed by atoms with Crippen LogP contribution in [-0.4, -0.2) is 13.2 Å². The molecule has 6 heteroatoms. The normalized spacial score (nSPS) is 11.7. The molecule has 0 aliphatic carbocycles. The summed E-state index contributed by atoms with van der Waals surface area (Å²) in [7, 11) is 0. The van der Waals surface area contributed by atoms with Gasteiger partial charge < -0.3 is 9.05 Å². The van der Waals surface area contributed by atoms with E-state index in [1.54, 1.807) is 32.0 Å². The number of rotatable bonds is 6. The second kappa shape index (κ2) is 6.67. The highest BCUT2D eigenvalue weighted by Gasteiger charge is 2.25. The summed E-state index contributed by atoms with van der Waals surface area (Å²) >= 11 is 6.92. The monoisotopic (exact) mass is 280 g/mol. The molecule has 90 valence electrons. The topological polar surface area (TPSA) is 35.5 Å². The van der Waals surface area contributed by atoms with E-state index in [4.69, 9.17) is 20.6 Å². The Morgan fingerprint density at radius 1 is 1.31 bits per heavy atom. The van der Waals surface area contributed by atoms with Gasteiger partial charge >= 0.3 is 6.80 Å². The molecule has 0 aliphatic heterocycles. The van der Waals surface area contributed by atoms with E-state index >= 15 is 0 Å². The molecule has 3 nitrogen and oxygen atoms in total. The number of benzene rings is 1. The van der Waals surface area contributed by atoms with Gasteiger partial charge in [-0.3, -0.25) is 0 Å². The minimum atomic E-state index is -3.10.